The molecule has 1 fully saturated rings. The van der Waals surface area contributed by atoms with E-state index in [0.717, 1.165) is 6.42 Å². The van der Waals surface area contributed by atoms with Gasteiger partial charge in [-0.25, -0.2) is 0 Å². The maximum absolute atomic E-state index is 12.4. The number of nitrogens with zero attached hydrogens (tertiary/aromatic N) is 1. The average Bonchev–Trinajstić information content (AvgIpc) is 2.92. The van der Waals surface area contributed by atoms with E-state index >= 15 is 0 Å². The molecule has 7 heteroatoms. The van der Waals surface area contributed by atoms with Crippen LogP contribution in [0.3, 0.4) is 0 Å². The number of carbonyl (C=O) groups is 3. The van der Waals surface area contributed by atoms with Crippen molar-refractivity contribution in [1.82, 2.24) is 15.5 Å². The number of thioether (sulfide) groups is 1. The third kappa shape index (κ3) is 6.41. The molecule has 6 nitrogen and oxygen atoms in total. The summed E-state index contributed by atoms with van der Waals surface area (Å²) in [7, 11) is 0. The lowest BCUT2D eigenvalue weighted by Gasteiger charge is -2.27. The Morgan fingerprint density at radius 2 is 1.96 bits per heavy atom. The first-order valence-electron chi connectivity index (χ1n) is 8.11. The highest BCUT2D eigenvalue weighted by Crippen LogP contribution is 2.26. The zero-order valence-corrected chi connectivity index (χ0v) is 15.6. The number of rotatable bonds is 6. The van der Waals surface area contributed by atoms with Gasteiger partial charge in [0.2, 0.25) is 17.7 Å². The molecule has 0 bridgehead atoms. The highest BCUT2D eigenvalue weighted by molar-refractivity contribution is 7.99. The van der Waals surface area contributed by atoms with Gasteiger partial charge in [-0.2, -0.15) is 0 Å². The molecule has 1 heterocycles. The first kappa shape index (κ1) is 19.8. The van der Waals surface area contributed by atoms with Crippen molar-refractivity contribution in [3.05, 3.63) is 0 Å². The summed E-state index contributed by atoms with van der Waals surface area (Å²) < 4.78 is 0. The van der Waals surface area contributed by atoms with Crippen molar-refractivity contribution in [1.29, 1.82) is 0 Å². The molecule has 1 aliphatic rings. The van der Waals surface area contributed by atoms with Gasteiger partial charge in [-0.3, -0.25) is 14.4 Å². The first-order chi connectivity index (χ1) is 10.7. The van der Waals surface area contributed by atoms with Crippen LogP contribution < -0.4 is 10.6 Å². The summed E-state index contributed by atoms with van der Waals surface area (Å²) in [4.78, 5) is 38.3. The zero-order chi connectivity index (χ0) is 17.6. The van der Waals surface area contributed by atoms with E-state index in [4.69, 9.17) is 0 Å². The molecule has 23 heavy (non-hydrogen) atoms. The fourth-order valence-corrected chi connectivity index (χ4v) is 3.42. The van der Waals surface area contributed by atoms with Crippen LogP contribution in [-0.4, -0.2) is 52.9 Å². The van der Waals surface area contributed by atoms with Crippen LogP contribution in [0.5, 0.6) is 0 Å². The molecule has 0 radical (unpaired) electrons. The molecule has 0 saturated carbocycles. The summed E-state index contributed by atoms with van der Waals surface area (Å²) in [6, 6.07) is -1.09. The van der Waals surface area contributed by atoms with Gasteiger partial charge < -0.3 is 15.5 Å². The minimum atomic E-state index is -0.598. The van der Waals surface area contributed by atoms with E-state index in [1.807, 2.05) is 27.7 Å². The zero-order valence-electron chi connectivity index (χ0n) is 14.8. The van der Waals surface area contributed by atoms with Crippen molar-refractivity contribution in [2.24, 2.45) is 5.41 Å². The van der Waals surface area contributed by atoms with Crippen molar-refractivity contribution in [2.75, 3.05) is 18.2 Å². The van der Waals surface area contributed by atoms with Gasteiger partial charge in [0.25, 0.3) is 0 Å². The van der Waals surface area contributed by atoms with Crippen LogP contribution in [0.1, 0.15) is 47.5 Å². The second kappa shape index (κ2) is 8.57. The third-order valence-corrected chi connectivity index (χ3v) is 4.50. The number of amides is 3. The van der Waals surface area contributed by atoms with Gasteiger partial charge in [0.15, 0.2) is 0 Å². The summed E-state index contributed by atoms with van der Waals surface area (Å²) >= 11 is 1.57. The molecule has 0 aliphatic carbocycles. The van der Waals surface area contributed by atoms with Gasteiger partial charge in [0.1, 0.15) is 12.1 Å². The molecule has 0 aromatic carbocycles. The molecule has 2 atom stereocenters. The molecule has 132 valence electrons. The first-order valence-corrected chi connectivity index (χ1v) is 9.26. The monoisotopic (exact) mass is 343 g/mol. The summed E-state index contributed by atoms with van der Waals surface area (Å²) in [6.07, 6.45) is 1.25. The summed E-state index contributed by atoms with van der Waals surface area (Å²) in [6.45, 7) is 10.2. The Bertz CT molecular complexity index is 448. The molecular weight excluding hydrogens is 314 g/mol. The second-order valence-electron chi connectivity index (χ2n) is 7.14. The Labute approximate surface area is 143 Å². The lowest BCUT2D eigenvalue weighted by molar-refractivity contribution is -0.140. The Morgan fingerprint density at radius 1 is 1.30 bits per heavy atom. The Hall–Kier alpha value is -1.24. The SMILES string of the molecule is CCCNC(=O)C(C)NC(=O)C1CSCN1C(=O)CC(C)(C)C. The van der Waals surface area contributed by atoms with Gasteiger partial charge in [-0.05, 0) is 18.8 Å². The van der Waals surface area contributed by atoms with Gasteiger partial charge in [-0.15, -0.1) is 11.8 Å². The van der Waals surface area contributed by atoms with Crippen LogP contribution in [0.25, 0.3) is 0 Å². The predicted molar refractivity (Wildman–Crippen MR) is 92.9 cm³/mol. The van der Waals surface area contributed by atoms with Crippen molar-refractivity contribution in [2.45, 2.75) is 59.5 Å². The Balaban J connectivity index is 2.60. The van der Waals surface area contributed by atoms with Crippen LogP contribution >= 0.6 is 11.8 Å². The van der Waals surface area contributed by atoms with Crippen molar-refractivity contribution >= 4 is 29.5 Å². The van der Waals surface area contributed by atoms with Crippen molar-refractivity contribution in [3.63, 3.8) is 0 Å². The predicted octanol–water partition coefficient (Wildman–Crippen LogP) is 1.35. The number of nitrogens with one attached hydrogen (secondary N) is 2. The van der Waals surface area contributed by atoms with Crippen LogP contribution in [0.2, 0.25) is 0 Å². The fraction of sp³-hybridized carbons (Fsp3) is 0.812. The van der Waals surface area contributed by atoms with E-state index in [-0.39, 0.29) is 23.1 Å². The minimum absolute atomic E-state index is 0.00858. The smallest absolute Gasteiger partial charge is 0.244 e. The van der Waals surface area contributed by atoms with Crippen LogP contribution in [0.15, 0.2) is 0 Å². The average molecular weight is 343 g/mol. The molecule has 0 aromatic heterocycles. The molecule has 2 N–H and O–H groups in total. The molecule has 2 unspecified atom stereocenters. The van der Waals surface area contributed by atoms with Crippen molar-refractivity contribution < 1.29 is 14.4 Å². The Morgan fingerprint density at radius 3 is 2.52 bits per heavy atom. The van der Waals surface area contributed by atoms with Gasteiger partial charge >= 0.3 is 0 Å². The maximum Gasteiger partial charge on any atom is 0.244 e. The van der Waals surface area contributed by atoms with E-state index in [1.165, 1.54) is 0 Å². The standard InChI is InChI=1S/C16H29N3O3S/c1-6-7-17-14(21)11(2)18-15(22)12-9-23-10-19(12)13(20)8-16(3,4)5/h11-12H,6-10H2,1-5H3,(H,17,21)(H,18,22). The fourth-order valence-electron chi connectivity index (χ4n) is 2.24. The van der Waals surface area contributed by atoms with E-state index in [9.17, 15) is 14.4 Å². The summed E-state index contributed by atoms with van der Waals surface area (Å²) in [5.74, 6) is 0.648. The molecule has 1 aliphatic heterocycles. The topological polar surface area (TPSA) is 78.5 Å². The normalized spacial score (nSPS) is 19.3. The quantitative estimate of drug-likeness (QED) is 0.763. The van der Waals surface area contributed by atoms with Crippen LogP contribution in [0, 0.1) is 5.41 Å². The second-order valence-corrected chi connectivity index (χ2v) is 8.14. The van der Waals surface area contributed by atoms with E-state index in [1.54, 1.807) is 23.6 Å². The molecule has 0 spiro atoms. The lowest BCUT2D eigenvalue weighted by atomic mass is 9.91. The van der Waals surface area contributed by atoms with E-state index < -0.39 is 12.1 Å². The largest absolute Gasteiger partial charge is 0.354 e. The van der Waals surface area contributed by atoms with Gasteiger partial charge in [0, 0.05) is 18.7 Å². The van der Waals surface area contributed by atoms with Gasteiger partial charge in [0.05, 0.1) is 5.88 Å². The highest BCUT2D eigenvalue weighted by atomic mass is 32.2. The number of hydrogen-bond acceptors (Lipinski definition) is 4. The van der Waals surface area contributed by atoms with Crippen LogP contribution in [-0.2, 0) is 14.4 Å². The minimum Gasteiger partial charge on any atom is -0.354 e. The molecule has 0 aromatic rings. The van der Waals surface area contributed by atoms with E-state index in [0.29, 0.717) is 24.6 Å². The Kier molecular flexibility index (Phi) is 7.38. The van der Waals surface area contributed by atoms with Crippen molar-refractivity contribution in [3.8, 4) is 0 Å². The molecule has 1 saturated heterocycles. The maximum atomic E-state index is 12.4. The molecular formula is C16H29N3O3S. The number of carbonyl (C=O) groups excluding carboxylic acids is 3. The van der Waals surface area contributed by atoms with Crippen LogP contribution in [0.4, 0.5) is 0 Å². The summed E-state index contributed by atoms with van der Waals surface area (Å²) in [5.41, 5.74) is -0.112. The van der Waals surface area contributed by atoms with Gasteiger partial charge in [-0.1, -0.05) is 27.7 Å². The lowest BCUT2D eigenvalue weighted by Crippen LogP contribution is -2.53. The third-order valence-electron chi connectivity index (χ3n) is 3.49. The number of hydrogen-bond donors (Lipinski definition) is 2. The summed E-state index contributed by atoms with van der Waals surface area (Å²) in [5, 5.41) is 5.47. The molecule has 3 amide bonds. The highest BCUT2D eigenvalue weighted by Gasteiger charge is 2.36. The molecule has 1 rings (SSSR count). The van der Waals surface area contributed by atoms with E-state index in [2.05, 4.69) is 10.6 Å².